The number of rotatable bonds is 5. The maximum absolute atomic E-state index is 12.3. The van der Waals surface area contributed by atoms with Gasteiger partial charge in [0.05, 0.1) is 13.2 Å². The molecule has 0 radical (unpaired) electrons. The minimum atomic E-state index is -0.619. The highest BCUT2D eigenvalue weighted by molar-refractivity contribution is 7.09. The summed E-state index contributed by atoms with van der Waals surface area (Å²) in [5.41, 5.74) is -0.619. The molecular weight excluding hydrogens is 274 g/mol. The van der Waals surface area contributed by atoms with Crippen LogP contribution in [0.5, 0.6) is 0 Å². The van der Waals surface area contributed by atoms with Crippen molar-refractivity contribution in [3.63, 3.8) is 0 Å². The summed E-state index contributed by atoms with van der Waals surface area (Å²) in [6.45, 7) is 5.53. The zero-order valence-electron chi connectivity index (χ0n) is 12.3. The van der Waals surface area contributed by atoms with E-state index in [1.54, 1.807) is 11.3 Å². The van der Waals surface area contributed by atoms with Crippen molar-refractivity contribution in [1.29, 1.82) is 0 Å². The smallest absolute Gasteiger partial charge is 0.326 e. The average Bonchev–Trinajstić information content (AvgIpc) is 2.97. The van der Waals surface area contributed by atoms with Crippen molar-refractivity contribution in [2.75, 3.05) is 13.7 Å². The van der Waals surface area contributed by atoms with Gasteiger partial charge in [-0.1, -0.05) is 19.9 Å². The Morgan fingerprint density at radius 2 is 2.45 bits per heavy atom. The van der Waals surface area contributed by atoms with Crippen LogP contribution in [0.4, 0.5) is 0 Å². The molecule has 4 nitrogen and oxygen atoms in total. The van der Waals surface area contributed by atoms with Crippen molar-refractivity contribution in [3.05, 3.63) is 22.4 Å². The van der Waals surface area contributed by atoms with E-state index in [4.69, 9.17) is 9.47 Å². The molecule has 1 N–H and O–H groups in total. The molecule has 1 aliphatic heterocycles. The normalized spacial score (nSPS) is 26.7. The van der Waals surface area contributed by atoms with Gasteiger partial charge in [0, 0.05) is 24.4 Å². The van der Waals surface area contributed by atoms with Gasteiger partial charge in [-0.2, -0.15) is 0 Å². The zero-order chi connectivity index (χ0) is 14.6. The predicted molar refractivity (Wildman–Crippen MR) is 79.7 cm³/mol. The van der Waals surface area contributed by atoms with Gasteiger partial charge < -0.3 is 9.47 Å². The van der Waals surface area contributed by atoms with Gasteiger partial charge in [0.1, 0.15) is 5.54 Å². The molecule has 0 aliphatic carbocycles. The van der Waals surface area contributed by atoms with E-state index in [0.717, 1.165) is 0 Å². The van der Waals surface area contributed by atoms with E-state index in [0.29, 0.717) is 31.9 Å². The first-order valence-corrected chi connectivity index (χ1v) is 7.93. The number of hydrogen-bond acceptors (Lipinski definition) is 5. The van der Waals surface area contributed by atoms with E-state index >= 15 is 0 Å². The summed E-state index contributed by atoms with van der Waals surface area (Å²) in [6, 6.07) is 4.09. The first-order valence-electron chi connectivity index (χ1n) is 7.05. The molecule has 1 saturated heterocycles. The van der Waals surface area contributed by atoms with E-state index in [9.17, 15) is 4.79 Å². The van der Waals surface area contributed by atoms with Crippen molar-refractivity contribution in [1.82, 2.24) is 5.32 Å². The minimum Gasteiger partial charge on any atom is -0.468 e. The Bertz CT molecular complexity index is 432. The molecule has 1 aromatic heterocycles. The van der Waals surface area contributed by atoms with Gasteiger partial charge in [0.15, 0.2) is 0 Å². The molecule has 2 rings (SSSR count). The fourth-order valence-electron chi connectivity index (χ4n) is 2.60. The molecule has 1 fully saturated rings. The number of ether oxygens (including phenoxy) is 2. The summed E-state index contributed by atoms with van der Waals surface area (Å²) < 4.78 is 10.8. The number of hydrogen-bond donors (Lipinski definition) is 1. The highest BCUT2D eigenvalue weighted by atomic mass is 32.1. The van der Waals surface area contributed by atoms with Crippen LogP contribution in [0.3, 0.4) is 0 Å². The first kappa shape index (κ1) is 15.5. The third-order valence-electron chi connectivity index (χ3n) is 3.91. The first-order chi connectivity index (χ1) is 9.57. The molecular formula is C15H23NO3S. The van der Waals surface area contributed by atoms with Crippen LogP contribution in [0.25, 0.3) is 0 Å². The third-order valence-corrected chi connectivity index (χ3v) is 4.79. The Balaban J connectivity index is 2.10. The van der Waals surface area contributed by atoms with Crippen LogP contribution in [0.2, 0.25) is 0 Å². The molecule has 1 aromatic rings. The van der Waals surface area contributed by atoms with Gasteiger partial charge in [-0.15, -0.1) is 11.3 Å². The van der Waals surface area contributed by atoms with Crippen molar-refractivity contribution < 1.29 is 14.3 Å². The van der Waals surface area contributed by atoms with Crippen LogP contribution >= 0.6 is 11.3 Å². The molecule has 20 heavy (non-hydrogen) atoms. The second-order valence-electron chi connectivity index (χ2n) is 5.61. The maximum Gasteiger partial charge on any atom is 0.326 e. The van der Waals surface area contributed by atoms with E-state index in [1.165, 1.54) is 12.0 Å². The number of carbonyl (C=O) groups is 1. The Morgan fingerprint density at radius 1 is 1.65 bits per heavy atom. The molecule has 112 valence electrons. The topological polar surface area (TPSA) is 47.6 Å². The lowest BCUT2D eigenvalue weighted by Crippen LogP contribution is -2.58. The van der Waals surface area contributed by atoms with Gasteiger partial charge in [-0.05, 0) is 23.8 Å². The lowest BCUT2D eigenvalue weighted by Gasteiger charge is -2.40. The highest BCUT2D eigenvalue weighted by Gasteiger charge is 2.44. The summed E-state index contributed by atoms with van der Waals surface area (Å²) in [4.78, 5) is 13.5. The summed E-state index contributed by atoms with van der Waals surface area (Å²) in [7, 11) is 1.46. The number of methoxy groups -OCH3 is 1. The number of nitrogens with one attached hydrogen (secondary N) is 1. The number of thiophene rings is 1. The van der Waals surface area contributed by atoms with Crippen LogP contribution < -0.4 is 5.32 Å². The number of carbonyl (C=O) groups excluding carboxylic acids is 1. The predicted octanol–water partition coefficient (Wildman–Crippen LogP) is 2.58. The molecule has 5 heteroatoms. The van der Waals surface area contributed by atoms with Crippen LogP contribution in [0, 0.1) is 5.92 Å². The summed E-state index contributed by atoms with van der Waals surface area (Å²) >= 11 is 1.69. The summed E-state index contributed by atoms with van der Waals surface area (Å²) in [6.07, 6.45) is 1.43. The second kappa shape index (κ2) is 6.70. The summed E-state index contributed by atoms with van der Waals surface area (Å²) in [5, 5.41) is 5.47. The van der Waals surface area contributed by atoms with Crippen LogP contribution in [-0.4, -0.2) is 31.3 Å². The van der Waals surface area contributed by atoms with Crippen molar-refractivity contribution in [2.24, 2.45) is 5.92 Å². The molecule has 0 spiro atoms. The Morgan fingerprint density at radius 3 is 3.05 bits per heavy atom. The van der Waals surface area contributed by atoms with Crippen LogP contribution in [-0.2, 0) is 20.8 Å². The van der Waals surface area contributed by atoms with Crippen LogP contribution in [0.15, 0.2) is 17.5 Å². The average molecular weight is 297 g/mol. The van der Waals surface area contributed by atoms with Gasteiger partial charge >= 0.3 is 5.97 Å². The molecule has 0 amide bonds. The van der Waals surface area contributed by atoms with E-state index < -0.39 is 5.54 Å². The fourth-order valence-corrected chi connectivity index (χ4v) is 3.24. The Hall–Kier alpha value is -0.910. The monoisotopic (exact) mass is 297 g/mol. The molecule has 2 heterocycles. The van der Waals surface area contributed by atoms with E-state index in [1.807, 2.05) is 11.4 Å². The molecule has 2 unspecified atom stereocenters. The largest absolute Gasteiger partial charge is 0.468 e. The highest BCUT2D eigenvalue weighted by Crippen LogP contribution is 2.30. The quantitative estimate of drug-likeness (QED) is 0.849. The molecule has 1 aliphatic rings. The standard InChI is InChI=1S/C15H23NO3S/c1-11(2)13-9-15(6-7-19-13,14(17)18-3)16-10-12-5-4-8-20-12/h4-5,8,11,13,16H,6-7,9-10H2,1-3H3. The maximum atomic E-state index is 12.3. The number of esters is 1. The van der Waals surface area contributed by atoms with Gasteiger partial charge in [0.2, 0.25) is 0 Å². The van der Waals surface area contributed by atoms with Gasteiger partial charge in [-0.25, -0.2) is 0 Å². The molecule has 0 saturated carbocycles. The summed E-state index contributed by atoms with van der Waals surface area (Å²) in [5.74, 6) is 0.214. The van der Waals surface area contributed by atoms with Gasteiger partial charge in [0.25, 0.3) is 0 Å². The lowest BCUT2D eigenvalue weighted by molar-refractivity contribution is -0.157. The van der Waals surface area contributed by atoms with Crippen molar-refractivity contribution in [3.8, 4) is 0 Å². The molecule has 0 aromatic carbocycles. The van der Waals surface area contributed by atoms with E-state index in [2.05, 4.69) is 25.2 Å². The zero-order valence-corrected chi connectivity index (χ0v) is 13.2. The van der Waals surface area contributed by atoms with Crippen molar-refractivity contribution in [2.45, 2.75) is 44.9 Å². The van der Waals surface area contributed by atoms with E-state index in [-0.39, 0.29) is 12.1 Å². The second-order valence-corrected chi connectivity index (χ2v) is 6.65. The molecule has 2 atom stereocenters. The Labute approximate surface area is 124 Å². The lowest BCUT2D eigenvalue weighted by atomic mass is 9.83. The van der Waals surface area contributed by atoms with Crippen molar-refractivity contribution >= 4 is 17.3 Å². The SMILES string of the molecule is COC(=O)C1(NCc2cccs2)CCOC(C(C)C)C1. The Kier molecular flexibility index (Phi) is 5.18. The van der Waals surface area contributed by atoms with Crippen LogP contribution in [0.1, 0.15) is 31.6 Å². The third kappa shape index (κ3) is 3.40. The minimum absolute atomic E-state index is 0.0960. The fraction of sp³-hybridized carbons (Fsp3) is 0.667. The van der Waals surface area contributed by atoms with Gasteiger partial charge in [-0.3, -0.25) is 10.1 Å². The molecule has 0 bridgehead atoms.